The average Bonchev–Trinajstić information content (AvgIpc) is 2.12. The molecule has 0 aliphatic heterocycles. The van der Waals surface area contributed by atoms with Gasteiger partial charge in [0.25, 0.3) is 0 Å². The maximum absolute atomic E-state index is 3.69. The van der Waals surface area contributed by atoms with E-state index in [0.29, 0.717) is 10.8 Å². The summed E-state index contributed by atoms with van der Waals surface area (Å²) in [6.45, 7) is 19.7. The topological polar surface area (TPSA) is 12.0 Å². The maximum atomic E-state index is 3.69. The van der Waals surface area contributed by atoms with Crippen molar-refractivity contribution in [1.82, 2.24) is 5.32 Å². The molecular formula is C17H37N. The van der Waals surface area contributed by atoms with Crippen molar-refractivity contribution in [3.05, 3.63) is 0 Å². The highest BCUT2D eigenvalue weighted by atomic mass is 15.0. The Bertz CT molecular complexity index is 219. The van der Waals surface area contributed by atoms with Crippen LogP contribution in [0.2, 0.25) is 0 Å². The van der Waals surface area contributed by atoms with Gasteiger partial charge in [-0.1, -0.05) is 47.5 Å². The van der Waals surface area contributed by atoms with Crippen molar-refractivity contribution in [3.8, 4) is 0 Å². The second-order valence-corrected chi connectivity index (χ2v) is 8.58. The smallest absolute Gasteiger partial charge is 0.00967 e. The molecule has 0 fully saturated rings. The number of rotatable bonds is 7. The van der Waals surface area contributed by atoms with E-state index in [0.717, 1.165) is 6.54 Å². The minimum Gasteiger partial charge on any atom is -0.312 e. The Kier molecular flexibility index (Phi) is 6.92. The van der Waals surface area contributed by atoms with Crippen molar-refractivity contribution in [2.24, 2.45) is 10.8 Å². The minimum atomic E-state index is 0.235. The Balaban J connectivity index is 4.25. The van der Waals surface area contributed by atoms with Crippen LogP contribution in [0.4, 0.5) is 0 Å². The van der Waals surface area contributed by atoms with Gasteiger partial charge in [0.15, 0.2) is 0 Å². The normalized spacial score (nSPS) is 16.7. The highest BCUT2D eigenvalue weighted by molar-refractivity contribution is 4.81. The first-order valence-electron chi connectivity index (χ1n) is 7.72. The largest absolute Gasteiger partial charge is 0.312 e. The predicted molar refractivity (Wildman–Crippen MR) is 84.1 cm³/mol. The average molecular weight is 255 g/mol. The number of hydrogen-bond acceptors (Lipinski definition) is 1. The van der Waals surface area contributed by atoms with Gasteiger partial charge in [0.05, 0.1) is 0 Å². The van der Waals surface area contributed by atoms with Crippen LogP contribution in [0.1, 0.15) is 87.5 Å². The Hall–Kier alpha value is -0.0400. The van der Waals surface area contributed by atoms with Gasteiger partial charge in [-0.25, -0.2) is 0 Å². The summed E-state index contributed by atoms with van der Waals surface area (Å²) >= 11 is 0. The summed E-state index contributed by atoms with van der Waals surface area (Å²) in [5.41, 5.74) is 1.18. The molecule has 1 atom stereocenters. The molecule has 110 valence electrons. The zero-order valence-corrected chi connectivity index (χ0v) is 14.2. The molecule has 0 bridgehead atoms. The molecule has 0 aromatic carbocycles. The zero-order valence-electron chi connectivity index (χ0n) is 14.2. The molecule has 0 aliphatic rings. The standard InChI is InChI=1S/C17H37N/c1-9-11-17(8,14-18-16(5,6)7)13-10-12-15(2,3)4/h18H,9-14H2,1-8H3. The molecule has 0 aliphatic carbocycles. The van der Waals surface area contributed by atoms with E-state index in [2.05, 4.69) is 60.7 Å². The fraction of sp³-hybridized carbons (Fsp3) is 1.00. The molecule has 1 N–H and O–H groups in total. The van der Waals surface area contributed by atoms with Crippen molar-refractivity contribution in [2.45, 2.75) is 93.0 Å². The van der Waals surface area contributed by atoms with Crippen molar-refractivity contribution < 1.29 is 0 Å². The molecule has 0 amide bonds. The first-order chi connectivity index (χ1) is 7.97. The van der Waals surface area contributed by atoms with Crippen molar-refractivity contribution in [1.29, 1.82) is 0 Å². The molecule has 1 nitrogen and oxygen atoms in total. The van der Waals surface area contributed by atoms with Crippen LogP contribution >= 0.6 is 0 Å². The van der Waals surface area contributed by atoms with Crippen LogP contribution < -0.4 is 5.32 Å². The van der Waals surface area contributed by atoms with Crippen molar-refractivity contribution >= 4 is 0 Å². The van der Waals surface area contributed by atoms with Gasteiger partial charge >= 0.3 is 0 Å². The second-order valence-electron chi connectivity index (χ2n) is 8.58. The summed E-state index contributed by atoms with van der Waals surface area (Å²) in [7, 11) is 0. The lowest BCUT2D eigenvalue weighted by molar-refractivity contribution is 0.210. The quantitative estimate of drug-likeness (QED) is 0.642. The van der Waals surface area contributed by atoms with E-state index < -0.39 is 0 Å². The third-order valence-electron chi connectivity index (χ3n) is 3.61. The van der Waals surface area contributed by atoms with Gasteiger partial charge < -0.3 is 5.32 Å². The molecule has 0 spiro atoms. The van der Waals surface area contributed by atoms with Crippen LogP contribution in [0.25, 0.3) is 0 Å². The van der Waals surface area contributed by atoms with Crippen LogP contribution in [0.5, 0.6) is 0 Å². The molecule has 0 saturated heterocycles. The van der Waals surface area contributed by atoms with Gasteiger partial charge in [-0.05, 0) is 50.9 Å². The van der Waals surface area contributed by atoms with Gasteiger partial charge in [0.2, 0.25) is 0 Å². The fourth-order valence-corrected chi connectivity index (χ4v) is 2.43. The summed E-state index contributed by atoms with van der Waals surface area (Å²) in [5, 5.41) is 3.69. The Morgan fingerprint density at radius 2 is 1.33 bits per heavy atom. The molecule has 0 heterocycles. The SMILES string of the molecule is CCCC(C)(CCCC(C)(C)C)CNC(C)(C)C. The lowest BCUT2D eigenvalue weighted by Crippen LogP contribution is -2.43. The zero-order chi connectivity index (χ0) is 14.4. The Labute approximate surface area is 116 Å². The maximum Gasteiger partial charge on any atom is 0.00967 e. The molecule has 1 unspecified atom stereocenters. The Morgan fingerprint density at radius 1 is 0.778 bits per heavy atom. The summed E-state index contributed by atoms with van der Waals surface area (Å²) in [6, 6.07) is 0. The molecule has 1 heteroatoms. The predicted octanol–water partition coefficient (Wildman–Crippen LogP) is 5.40. The van der Waals surface area contributed by atoms with E-state index in [-0.39, 0.29) is 5.54 Å². The Morgan fingerprint density at radius 3 is 1.72 bits per heavy atom. The summed E-state index contributed by atoms with van der Waals surface area (Å²) < 4.78 is 0. The molecular weight excluding hydrogens is 218 g/mol. The van der Waals surface area contributed by atoms with Crippen molar-refractivity contribution in [2.75, 3.05) is 6.54 Å². The molecule has 18 heavy (non-hydrogen) atoms. The lowest BCUT2D eigenvalue weighted by atomic mass is 9.78. The highest BCUT2D eigenvalue weighted by Gasteiger charge is 2.25. The van der Waals surface area contributed by atoms with E-state index in [1.54, 1.807) is 0 Å². The van der Waals surface area contributed by atoms with E-state index >= 15 is 0 Å². The highest BCUT2D eigenvalue weighted by Crippen LogP contribution is 2.32. The van der Waals surface area contributed by atoms with Crippen LogP contribution in [0.3, 0.4) is 0 Å². The molecule has 0 radical (unpaired) electrons. The second kappa shape index (κ2) is 6.93. The lowest BCUT2D eigenvalue weighted by Gasteiger charge is -2.34. The number of hydrogen-bond donors (Lipinski definition) is 1. The van der Waals surface area contributed by atoms with E-state index in [1.807, 2.05) is 0 Å². The third-order valence-corrected chi connectivity index (χ3v) is 3.61. The van der Waals surface area contributed by atoms with Crippen LogP contribution in [-0.4, -0.2) is 12.1 Å². The van der Waals surface area contributed by atoms with Gasteiger partial charge in [0, 0.05) is 12.1 Å². The fourth-order valence-electron chi connectivity index (χ4n) is 2.43. The van der Waals surface area contributed by atoms with Gasteiger partial charge in [-0.2, -0.15) is 0 Å². The monoisotopic (exact) mass is 255 g/mol. The molecule has 0 aromatic heterocycles. The van der Waals surface area contributed by atoms with Crippen LogP contribution in [-0.2, 0) is 0 Å². The number of nitrogens with one attached hydrogen (secondary N) is 1. The van der Waals surface area contributed by atoms with E-state index in [4.69, 9.17) is 0 Å². The van der Waals surface area contributed by atoms with Gasteiger partial charge in [-0.15, -0.1) is 0 Å². The summed E-state index contributed by atoms with van der Waals surface area (Å²) in [6.07, 6.45) is 6.66. The van der Waals surface area contributed by atoms with Crippen LogP contribution in [0.15, 0.2) is 0 Å². The third kappa shape index (κ3) is 9.94. The van der Waals surface area contributed by atoms with Crippen molar-refractivity contribution in [3.63, 3.8) is 0 Å². The minimum absolute atomic E-state index is 0.235. The van der Waals surface area contributed by atoms with Gasteiger partial charge in [-0.3, -0.25) is 0 Å². The van der Waals surface area contributed by atoms with E-state index in [9.17, 15) is 0 Å². The van der Waals surface area contributed by atoms with Crippen LogP contribution in [0, 0.1) is 10.8 Å². The first-order valence-corrected chi connectivity index (χ1v) is 7.72. The summed E-state index contributed by atoms with van der Waals surface area (Å²) in [4.78, 5) is 0. The van der Waals surface area contributed by atoms with Gasteiger partial charge in [0.1, 0.15) is 0 Å². The van der Waals surface area contributed by atoms with E-state index in [1.165, 1.54) is 32.1 Å². The summed E-state index contributed by atoms with van der Waals surface area (Å²) in [5.74, 6) is 0. The molecule has 0 saturated carbocycles. The molecule has 0 rings (SSSR count). The molecule has 0 aromatic rings. The first kappa shape index (κ1) is 18.0.